The number of hydrogen-bond acceptors (Lipinski definition) is 3. The second-order valence-electron chi connectivity index (χ2n) is 4.27. The van der Waals surface area contributed by atoms with E-state index < -0.39 is 5.82 Å². The molecule has 0 spiro atoms. The van der Waals surface area contributed by atoms with E-state index in [1.165, 1.54) is 12.1 Å². The summed E-state index contributed by atoms with van der Waals surface area (Å²) in [6.45, 7) is 1.04. The Labute approximate surface area is 109 Å². The lowest BCUT2D eigenvalue weighted by Crippen LogP contribution is -2.40. The molecule has 98 valence electrons. The van der Waals surface area contributed by atoms with Gasteiger partial charge >= 0.3 is 0 Å². The number of nitrogens with two attached hydrogens (primary N) is 1. The number of amides is 1. The molecule has 1 amide bonds. The summed E-state index contributed by atoms with van der Waals surface area (Å²) in [5.41, 5.74) is 6.47. The normalized spacial score (nSPS) is 23.1. The molecule has 1 heterocycles. The highest BCUT2D eigenvalue weighted by Gasteiger charge is 2.30. The van der Waals surface area contributed by atoms with Crippen LogP contribution in [0.5, 0.6) is 0 Å². The molecule has 1 aliphatic heterocycles. The molecular weight excluding hydrogens is 259 g/mol. The molecule has 0 bridgehead atoms. The van der Waals surface area contributed by atoms with Crippen molar-refractivity contribution in [2.45, 2.75) is 12.6 Å². The molecule has 0 radical (unpaired) electrons. The fourth-order valence-electron chi connectivity index (χ4n) is 1.81. The van der Waals surface area contributed by atoms with Gasteiger partial charge in [-0.05, 0) is 17.7 Å². The average Bonchev–Trinajstić information content (AvgIpc) is 2.77. The summed E-state index contributed by atoms with van der Waals surface area (Å²) >= 11 is 5.65. The van der Waals surface area contributed by atoms with Gasteiger partial charge in [0.1, 0.15) is 5.82 Å². The van der Waals surface area contributed by atoms with E-state index in [1.54, 1.807) is 6.07 Å². The topological polar surface area (TPSA) is 64.3 Å². The fourth-order valence-corrected chi connectivity index (χ4v) is 2.01. The van der Waals surface area contributed by atoms with Crippen LogP contribution in [0.4, 0.5) is 4.39 Å². The number of rotatable bonds is 3. The van der Waals surface area contributed by atoms with E-state index in [0.29, 0.717) is 19.8 Å². The van der Waals surface area contributed by atoms with Gasteiger partial charge in [0.2, 0.25) is 5.91 Å². The summed E-state index contributed by atoms with van der Waals surface area (Å²) in [6, 6.07) is 4.07. The number of benzene rings is 1. The molecule has 18 heavy (non-hydrogen) atoms. The molecule has 1 saturated heterocycles. The van der Waals surface area contributed by atoms with Crippen molar-refractivity contribution in [2.24, 2.45) is 11.7 Å². The minimum atomic E-state index is -0.474. The SMILES string of the molecule is NC1COCC1C(=O)NCc1ccc(F)c(Cl)c1. The number of nitrogens with one attached hydrogen (secondary N) is 1. The first-order chi connectivity index (χ1) is 8.58. The fraction of sp³-hybridized carbons (Fsp3) is 0.417. The highest BCUT2D eigenvalue weighted by Crippen LogP contribution is 2.16. The molecule has 2 unspecified atom stereocenters. The third kappa shape index (κ3) is 2.98. The largest absolute Gasteiger partial charge is 0.379 e. The maximum Gasteiger partial charge on any atom is 0.227 e. The Morgan fingerprint density at radius 2 is 2.33 bits per heavy atom. The Hall–Kier alpha value is -1.17. The summed E-state index contributed by atoms with van der Waals surface area (Å²) in [7, 11) is 0. The van der Waals surface area contributed by atoms with E-state index in [1.807, 2.05) is 0 Å². The molecule has 0 aliphatic carbocycles. The second-order valence-corrected chi connectivity index (χ2v) is 4.68. The zero-order valence-corrected chi connectivity index (χ0v) is 10.4. The van der Waals surface area contributed by atoms with Gasteiger partial charge in [0.05, 0.1) is 24.2 Å². The number of halogens is 2. The summed E-state index contributed by atoms with van der Waals surface area (Å²) < 4.78 is 18.1. The molecule has 0 saturated carbocycles. The lowest BCUT2D eigenvalue weighted by molar-refractivity contribution is -0.125. The van der Waals surface area contributed by atoms with Crippen LogP contribution in [0.2, 0.25) is 5.02 Å². The summed E-state index contributed by atoms with van der Waals surface area (Å²) in [4.78, 5) is 11.8. The Kier molecular flexibility index (Phi) is 4.16. The lowest BCUT2D eigenvalue weighted by Gasteiger charge is -2.13. The smallest absolute Gasteiger partial charge is 0.227 e. The predicted octanol–water partition coefficient (Wildman–Crippen LogP) is 1.07. The number of ether oxygens (including phenoxy) is 1. The summed E-state index contributed by atoms with van der Waals surface area (Å²) in [5.74, 6) is -0.945. The number of hydrogen-bond donors (Lipinski definition) is 2. The molecule has 1 fully saturated rings. The first-order valence-electron chi connectivity index (χ1n) is 5.63. The summed E-state index contributed by atoms with van der Waals surface area (Å²) in [6.07, 6.45) is 0. The van der Waals surface area contributed by atoms with Gasteiger partial charge in [-0.25, -0.2) is 4.39 Å². The lowest BCUT2D eigenvalue weighted by atomic mass is 10.0. The monoisotopic (exact) mass is 272 g/mol. The molecule has 1 aliphatic rings. The van der Waals surface area contributed by atoms with Crippen molar-refractivity contribution in [3.63, 3.8) is 0 Å². The predicted molar refractivity (Wildman–Crippen MR) is 65.5 cm³/mol. The van der Waals surface area contributed by atoms with E-state index in [9.17, 15) is 9.18 Å². The first-order valence-corrected chi connectivity index (χ1v) is 6.00. The molecule has 6 heteroatoms. The van der Waals surface area contributed by atoms with Crippen molar-refractivity contribution in [2.75, 3.05) is 13.2 Å². The van der Waals surface area contributed by atoms with Gasteiger partial charge < -0.3 is 15.8 Å². The van der Waals surface area contributed by atoms with Crippen LogP contribution < -0.4 is 11.1 Å². The van der Waals surface area contributed by atoms with Crippen molar-refractivity contribution in [3.8, 4) is 0 Å². The van der Waals surface area contributed by atoms with Gasteiger partial charge in [-0.15, -0.1) is 0 Å². The van der Waals surface area contributed by atoms with Gasteiger partial charge in [-0.1, -0.05) is 17.7 Å². The van der Waals surface area contributed by atoms with E-state index >= 15 is 0 Å². The van der Waals surface area contributed by atoms with E-state index in [4.69, 9.17) is 22.1 Å². The van der Waals surface area contributed by atoms with Gasteiger partial charge in [0, 0.05) is 12.6 Å². The third-order valence-electron chi connectivity index (χ3n) is 2.91. The minimum absolute atomic E-state index is 0.0441. The van der Waals surface area contributed by atoms with E-state index in [-0.39, 0.29) is 22.9 Å². The van der Waals surface area contributed by atoms with Crippen LogP contribution in [0.3, 0.4) is 0 Å². The molecule has 4 nitrogen and oxygen atoms in total. The average molecular weight is 273 g/mol. The maximum atomic E-state index is 12.9. The van der Waals surface area contributed by atoms with Crippen LogP contribution in [0, 0.1) is 11.7 Å². The molecule has 3 N–H and O–H groups in total. The Bertz CT molecular complexity index is 456. The Balaban J connectivity index is 1.91. The third-order valence-corrected chi connectivity index (χ3v) is 3.20. The molecular formula is C12H14ClFN2O2. The van der Waals surface area contributed by atoms with Crippen LogP contribution in [-0.2, 0) is 16.1 Å². The number of carbonyl (C=O) groups is 1. The maximum absolute atomic E-state index is 12.9. The van der Waals surface area contributed by atoms with Crippen LogP contribution in [0.15, 0.2) is 18.2 Å². The molecule has 0 aromatic heterocycles. The first kappa shape index (κ1) is 13.3. The Morgan fingerprint density at radius 1 is 1.56 bits per heavy atom. The minimum Gasteiger partial charge on any atom is -0.379 e. The van der Waals surface area contributed by atoms with Crippen LogP contribution in [-0.4, -0.2) is 25.2 Å². The van der Waals surface area contributed by atoms with Crippen molar-refractivity contribution >= 4 is 17.5 Å². The van der Waals surface area contributed by atoms with Crippen LogP contribution in [0.25, 0.3) is 0 Å². The molecule has 1 aromatic rings. The number of carbonyl (C=O) groups excluding carboxylic acids is 1. The van der Waals surface area contributed by atoms with Crippen LogP contribution in [0.1, 0.15) is 5.56 Å². The van der Waals surface area contributed by atoms with Gasteiger partial charge in [-0.2, -0.15) is 0 Å². The highest BCUT2D eigenvalue weighted by atomic mass is 35.5. The van der Waals surface area contributed by atoms with Gasteiger partial charge in [0.15, 0.2) is 0 Å². The van der Waals surface area contributed by atoms with Crippen molar-refractivity contribution in [3.05, 3.63) is 34.6 Å². The van der Waals surface area contributed by atoms with Gasteiger partial charge in [-0.3, -0.25) is 4.79 Å². The van der Waals surface area contributed by atoms with E-state index in [0.717, 1.165) is 5.56 Å². The highest BCUT2D eigenvalue weighted by molar-refractivity contribution is 6.30. The molecule has 1 aromatic carbocycles. The Morgan fingerprint density at radius 3 is 2.94 bits per heavy atom. The van der Waals surface area contributed by atoms with Crippen molar-refractivity contribution in [1.29, 1.82) is 0 Å². The van der Waals surface area contributed by atoms with E-state index in [2.05, 4.69) is 5.32 Å². The molecule has 2 rings (SSSR count). The van der Waals surface area contributed by atoms with Crippen LogP contribution >= 0.6 is 11.6 Å². The van der Waals surface area contributed by atoms with Gasteiger partial charge in [0.25, 0.3) is 0 Å². The zero-order chi connectivity index (χ0) is 13.1. The molecule has 2 atom stereocenters. The second kappa shape index (κ2) is 5.65. The standard InChI is InChI=1S/C12H14ClFN2O2/c13-9-3-7(1-2-10(9)14)4-16-12(17)8-5-18-6-11(8)15/h1-3,8,11H,4-6,15H2,(H,16,17). The van der Waals surface area contributed by atoms with Crippen molar-refractivity contribution in [1.82, 2.24) is 5.32 Å². The van der Waals surface area contributed by atoms with Crippen molar-refractivity contribution < 1.29 is 13.9 Å². The summed E-state index contributed by atoms with van der Waals surface area (Å²) in [5, 5.41) is 2.78. The quantitative estimate of drug-likeness (QED) is 0.865. The zero-order valence-electron chi connectivity index (χ0n) is 9.66.